The van der Waals surface area contributed by atoms with Gasteiger partial charge in [0.05, 0.1) is 0 Å². The number of carboxylic acids is 1. The first kappa shape index (κ1) is 6.73. The number of halogens is 1. The van der Waals surface area contributed by atoms with E-state index in [4.69, 9.17) is 5.11 Å². The topological polar surface area (TPSA) is 55.1 Å². The summed E-state index contributed by atoms with van der Waals surface area (Å²) in [4.78, 5) is 10.1. The number of carbonyl (C=O) groups is 1. The van der Waals surface area contributed by atoms with Crippen molar-refractivity contribution in [3.05, 3.63) is 17.7 Å². The van der Waals surface area contributed by atoms with Gasteiger partial charge in [-0.15, -0.1) is 0 Å². The van der Waals surface area contributed by atoms with E-state index in [1.54, 1.807) is 0 Å². The van der Waals surface area contributed by atoms with Gasteiger partial charge in [0.25, 0.3) is 0 Å². The molecule has 0 aromatic carbocycles. The van der Waals surface area contributed by atoms with Crippen molar-refractivity contribution in [1.82, 2.24) is 9.78 Å². The van der Waals surface area contributed by atoms with Crippen LogP contribution in [-0.2, 0) is 7.05 Å². The molecule has 5 heteroatoms. The molecular weight excluding hydrogens is 139 g/mol. The summed E-state index contributed by atoms with van der Waals surface area (Å²) in [6, 6.07) is 0.863. The lowest BCUT2D eigenvalue weighted by atomic mass is 10.4. The molecule has 0 amide bonds. The van der Waals surface area contributed by atoms with Gasteiger partial charge in [-0.1, -0.05) is 0 Å². The Balaban J connectivity index is 3.10. The molecule has 0 saturated carbocycles. The van der Waals surface area contributed by atoms with Crippen molar-refractivity contribution in [2.45, 2.75) is 0 Å². The summed E-state index contributed by atoms with van der Waals surface area (Å²) in [5.74, 6) is -1.88. The van der Waals surface area contributed by atoms with Crippen LogP contribution in [0.25, 0.3) is 0 Å². The summed E-state index contributed by atoms with van der Waals surface area (Å²) in [7, 11) is 1.34. The maximum atomic E-state index is 12.3. The Morgan fingerprint density at radius 3 is 2.70 bits per heavy atom. The van der Waals surface area contributed by atoms with Crippen LogP contribution in [0.4, 0.5) is 4.39 Å². The van der Waals surface area contributed by atoms with E-state index in [2.05, 4.69) is 5.10 Å². The second kappa shape index (κ2) is 2.09. The number of hydrogen-bond acceptors (Lipinski definition) is 2. The van der Waals surface area contributed by atoms with Crippen LogP contribution in [0.2, 0.25) is 0 Å². The van der Waals surface area contributed by atoms with Gasteiger partial charge in [0, 0.05) is 13.1 Å². The van der Waals surface area contributed by atoms with Gasteiger partial charge < -0.3 is 5.11 Å². The molecule has 1 aromatic rings. The molecule has 0 aliphatic carbocycles. The van der Waals surface area contributed by atoms with Gasteiger partial charge in [-0.3, -0.25) is 0 Å². The summed E-state index contributed by atoms with van der Waals surface area (Å²) >= 11 is 0. The van der Waals surface area contributed by atoms with E-state index in [9.17, 15) is 9.18 Å². The van der Waals surface area contributed by atoms with Crippen LogP contribution in [0.5, 0.6) is 0 Å². The number of carboxylic acid groups (broad SMARTS) is 1. The van der Waals surface area contributed by atoms with E-state index in [1.807, 2.05) is 0 Å². The lowest BCUT2D eigenvalue weighted by Crippen LogP contribution is -1.99. The van der Waals surface area contributed by atoms with Gasteiger partial charge >= 0.3 is 5.97 Å². The highest BCUT2D eigenvalue weighted by molar-refractivity contribution is 5.85. The zero-order chi connectivity index (χ0) is 7.72. The Hall–Kier alpha value is -1.39. The van der Waals surface area contributed by atoms with Crippen molar-refractivity contribution in [1.29, 1.82) is 0 Å². The summed E-state index contributed by atoms with van der Waals surface area (Å²) in [5, 5.41) is 11.6. The molecule has 0 atom stereocenters. The normalized spacial score (nSPS) is 9.80. The Morgan fingerprint density at radius 2 is 2.50 bits per heavy atom. The Labute approximate surface area is 55.9 Å². The summed E-state index contributed by atoms with van der Waals surface area (Å²) in [6.07, 6.45) is 0. The predicted octanol–water partition coefficient (Wildman–Crippen LogP) is 0.257. The fourth-order valence-electron chi connectivity index (χ4n) is 0.549. The lowest BCUT2D eigenvalue weighted by molar-refractivity contribution is 0.0689. The molecule has 1 heterocycles. The lowest BCUT2D eigenvalue weighted by Gasteiger charge is -1.84. The molecule has 0 bridgehead atoms. The van der Waals surface area contributed by atoms with Crippen LogP contribution < -0.4 is 0 Å². The number of nitrogens with zero attached hydrogens (tertiary/aromatic N) is 2. The van der Waals surface area contributed by atoms with Crippen LogP contribution in [0.3, 0.4) is 0 Å². The summed E-state index contributed by atoms with van der Waals surface area (Å²) in [6.45, 7) is 0. The number of aromatic carboxylic acids is 1. The van der Waals surface area contributed by atoms with Crippen molar-refractivity contribution in [3.8, 4) is 0 Å². The Bertz CT molecular complexity index is 249. The van der Waals surface area contributed by atoms with Crippen LogP contribution in [0.15, 0.2) is 6.07 Å². The second-order valence-corrected chi connectivity index (χ2v) is 1.78. The standard InChI is InChI=1S/C5H5FN2O2/c1-8-4(6)2-3(7-8)5(9)10/h2H,1H3,(H,9,10). The molecule has 0 spiro atoms. The SMILES string of the molecule is Cn1nc(C(=O)O)cc1F. The fourth-order valence-corrected chi connectivity index (χ4v) is 0.549. The molecule has 10 heavy (non-hydrogen) atoms. The minimum absolute atomic E-state index is 0.278. The molecule has 0 saturated heterocycles. The molecule has 0 radical (unpaired) electrons. The highest BCUT2D eigenvalue weighted by Gasteiger charge is 2.09. The van der Waals surface area contributed by atoms with Gasteiger partial charge in [-0.2, -0.15) is 9.49 Å². The van der Waals surface area contributed by atoms with Gasteiger partial charge in [-0.05, 0) is 0 Å². The molecule has 4 nitrogen and oxygen atoms in total. The molecule has 54 valence electrons. The van der Waals surface area contributed by atoms with Crippen molar-refractivity contribution in [3.63, 3.8) is 0 Å². The first-order chi connectivity index (χ1) is 4.61. The highest BCUT2D eigenvalue weighted by atomic mass is 19.1. The Kier molecular flexibility index (Phi) is 1.41. The second-order valence-electron chi connectivity index (χ2n) is 1.78. The molecule has 0 aliphatic rings. The molecule has 0 unspecified atom stereocenters. The monoisotopic (exact) mass is 144 g/mol. The van der Waals surface area contributed by atoms with Crippen LogP contribution in [0, 0.1) is 5.95 Å². The number of rotatable bonds is 1. The van der Waals surface area contributed by atoms with Crippen molar-refractivity contribution < 1.29 is 14.3 Å². The van der Waals surface area contributed by atoms with E-state index >= 15 is 0 Å². The molecule has 0 fully saturated rings. The van der Waals surface area contributed by atoms with Crippen LogP contribution in [0.1, 0.15) is 10.5 Å². The largest absolute Gasteiger partial charge is 0.476 e. The zero-order valence-corrected chi connectivity index (χ0v) is 5.21. The average Bonchev–Trinajstić information content (AvgIpc) is 2.13. The predicted molar refractivity (Wildman–Crippen MR) is 30.1 cm³/mol. The van der Waals surface area contributed by atoms with Gasteiger partial charge in [0.2, 0.25) is 5.95 Å². The Morgan fingerprint density at radius 1 is 1.90 bits per heavy atom. The van der Waals surface area contributed by atoms with Crippen molar-refractivity contribution >= 4 is 5.97 Å². The maximum Gasteiger partial charge on any atom is 0.356 e. The summed E-state index contributed by atoms with van der Waals surface area (Å²) in [5.41, 5.74) is -0.278. The first-order valence-electron chi connectivity index (χ1n) is 2.54. The summed E-state index contributed by atoms with van der Waals surface area (Å²) < 4.78 is 13.2. The quantitative estimate of drug-likeness (QED) is 0.615. The third-order valence-electron chi connectivity index (χ3n) is 1.04. The van der Waals surface area contributed by atoms with Crippen molar-refractivity contribution in [2.24, 2.45) is 7.05 Å². The van der Waals surface area contributed by atoms with E-state index in [-0.39, 0.29) is 5.69 Å². The number of hydrogen-bond donors (Lipinski definition) is 1. The minimum Gasteiger partial charge on any atom is -0.476 e. The molecule has 1 aromatic heterocycles. The fraction of sp³-hybridized carbons (Fsp3) is 0.200. The smallest absolute Gasteiger partial charge is 0.356 e. The average molecular weight is 144 g/mol. The van der Waals surface area contributed by atoms with Gasteiger partial charge in [0.1, 0.15) is 0 Å². The van der Waals surface area contributed by atoms with E-state index in [1.165, 1.54) is 7.05 Å². The van der Waals surface area contributed by atoms with E-state index in [0.717, 1.165) is 10.7 Å². The first-order valence-corrected chi connectivity index (χ1v) is 2.54. The minimum atomic E-state index is -1.22. The van der Waals surface area contributed by atoms with Crippen molar-refractivity contribution in [2.75, 3.05) is 0 Å². The highest BCUT2D eigenvalue weighted by Crippen LogP contribution is 1.99. The van der Waals surface area contributed by atoms with E-state index in [0.29, 0.717) is 0 Å². The third-order valence-corrected chi connectivity index (χ3v) is 1.04. The van der Waals surface area contributed by atoms with Crippen LogP contribution in [-0.4, -0.2) is 20.9 Å². The van der Waals surface area contributed by atoms with Gasteiger partial charge in [-0.25, -0.2) is 9.48 Å². The molecule has 1 rings (SSSR count). The van der Waals surface area contributed by atoms with E-state index < -0.39 is 11.9 Å². The van der Waals surface area contributed by atoms with Crippen LogP contribution >= 0.6 is 0 Å². The molecule has 0 aliphatic heterocycles. The maximum absolute atomic E-state index is 12.3. The zero-order valence-electron chi connectivity index (χ0n) is 5.21. The molecular formula is C5H5FN2O2. The number of aryl methyl sites for hydroxylation is 1. The third kappa shape index (κ3) is 0.975. The molecule has 1 N–H and O–H groups in total. The number of aromatic nitrogens is 2. The van der Waals surface area contributed by atoms with Gasteiger partial charge in [0.15, 0.2) is 5.69 Å².